The second kappa shape index (κ2) is 41.0. The average Bonchev–Trinajstić information content (AvgIpc) is 3.15. The third-order valence-electron chi connectivity index (χ3n) is 10.7. The number of nitrogens with one attached hydrogen (secondary N) is 1. The third kappa shape index (κ3) is 34.6. The van der Waals surface area contributed by atoms with Gasteiger partial charge in [0.1, 0.15) is 12.2 Å². The van der Waals surface area contributed by atoms with Crippen molar-refractivity contribution >= 4 is 5.91 Å². The van der Waals surface area contributed by atoms with E-state index in [4.69, 9.17) is 0 Å². The van der Waals surface area contributed by atoms with Crippen LogP contribution in [0.25, 0.3) is 0 Å². The van der Waals surface area contributed by atoms with Crippen LogP contribution in [-0.2, 0) is 4.79 Å². The molecular formula is C46H89NO5. The fourth-order valence-electron chi connectivity index (χ4n) is 7.02. The summed E-state index contributed by atoms with van der Waals surface area (Å²) in [5, 5.41) is 43.0. The summed E-state index contributed by atoms with van der Waals surface area (Å²) >= 11 is 0. The Hall–Kier alpha value is -1.21. The first-order valence-electron chi connectivity index (χ1n) is 22.7. The van der Waals surface area contributed by atoms with Crippen molar-refractivity contribution in [2.75, 3.05) is 6.61 Å². The highest BCUT2D eigenvalue weighted by Crippen LogP contribution is 2.16. The van der Waals surface area contributed by atoms with Gasteiger partial charge in [-0.05, 0) is 44.9 Å². The minimum Gasteiger partial charge on any atom is -0.394 e. The fraction of sp³-hybridized carbons (Fsp3) is 0.891. The average molecular weight is 736 g/mol. The number of hydrogen-bond donors (Lipinski definition) is 5. The quantitative estimate of drug-likeness (QED) is 0.0317. The number of amides is 1. The predicted molar refractivity (Wildman–Crippen MR) is 224 cm³/mol. The van der Waals surface area contributed by atoms with Crippen LogP contribution in [-0.4, -0.2) is 57.3 Å². The van der Waals surface area contributed by atoms with Gasteiger partial charge in [0.15, 0.2) is 0 Å². The molecule has 4 atom stereocenters. The van der Waals surface area contributed by atoms with E-state index in [-0.39, 0.29) is 0 Å². The standard InChI is InChI=1S/C46H89NO5/c1-3-5-7-9-10-11-12-13-14-15-16-17-18-19-20-21-22-23-24-25-26-27-28-29-30-31-32-33-34-35-36-38-40-44(50)46(52)47-42(41-48)45(51)43(49)39-37-8-6-4-2/h16-17,19-20,42-45,48-51H,3-15,18,21-41H2,1-2H3,(H,47,52)/b17-16-,20-19-. The van der Waals surface area contributed by atoms with E-state index >= 15 is 0 Å². The summed E-state index contributed by atoms with van der Waals surface area (Å²) in [6.07, 6.45) is 47.3. The monoisotopic (exact) mass is 736 g/mol. The molecule has 4 unspecified atom stereocenters. The Morgan fingerprint density at radius 1 is 0.481 bits per heavy atom. The Bertz CT molecular complexity index is 787. The third-order valence-corrected chi connectivity index (χ3v) is 10.7. The maximum atomic E-state index is 12.4. The van der Waals surface area contributed by atoms with Crippen molar-refractivity contribution in [2.45, 2.75) is 257 Å². The summed E-state index contributed by atoms with van der Waals surface area (Å²) < 4.78 is 0. The van der Waals surface area contributed by atoms with Crippen molar-refractivity contribution in [3.8, 4) is 0 Å². The zero-order chi connectivity index (χ0) is 38.2. The molecule has 0 aliphatic rings. The molecule has 6 nitrogen and oxygen atoms in total. The van der Waals surface area contributed by atoms with E-state index in [1.165, 1.54) is 154 Å². The Kier molecular flexibility index (Phi) is 40.0. The molecule has 5 N–H and O–H groups in total. The number of hydrogen-bond acceptors (Lipinski definition) is 5. The summed E-state index contributed by atoms with van der Waals surface area (Å²) in [6, 6.07) is -0.979. The van der Waals surface area contributed by atoms with Gasteiger partial charge >= 0.3 is 0 Å². The summed E-state index contributed by atoms with van der Waals surface area (Å²) in [6.45, 7) is 3.91. The van der Waals surface area contributed by atoms with Gasteiger partial charge in [0.05, 0.1) is 18.8 Å². The highest BCUT2D eigenvalue weighted by molar-refractivity contribution is 5.80. The van der Waals surface area contributed by atoms with Crippen LogP contribution in [0, 0.1) is 0 Å². The summed E-state index contributed by atoms with van der Waals surface area (Å²) in [7, 11) is 0. The van der Waals surface area contributed by atoms with Crippen LogP contribution in [0.2, 0.25) is 0 Å². The molecule has 0 saturated heterocycles. The van der Waals surface area contributed by atoms with E-state index < -0.39 is 36.9 Å². The molecule has 1 amide bonds. The summed E-state index contributed by atoms with van der Waals surface area (Å²) in [4.78, 5) is 12.4. The Morgan fingerprint density at radius 2 is 0.827 bits per heavy atom. The van der Waals surface area contributed by atoms with E-state index in [0.717, 1.165) is 51.4 Å². The van der Waals surface area contributed by atoms with Gasteiger partial charge < -0.3 is 25.7 Å². The van der Waals surface area contributed by atoms with E-state index in [1.807, 2.05) is 0 Å². The van der Waals surface area contributed by atoms with Crippen molar-refractivity contribution in [3.63, 3.8) is 0 Å². The molecule has 308 valence electrons. The normalized spacial score (nSPS) is 14.3. The molecule has 0 spiro atoms. The maximum Gasteiger partial charge on any atom is 0.249 e. The second-order valence-electron chi connectivity index (χ2n) is 15.8. The largest absolute Gasteiger partial charge is 0.394 e. The van der Waals surface area contributed by atoms with Crippen LogP contribution < -0.4 is 5.32 Å². The molecule has 0 radical (unpaired) electrons. The molecule has 0 heterocycles. The molecule has 52 heavy (non-hydrogen) atoms. The van der Waals surface area contributed by atoms with Crippen molar-refractivity contribution in [3.05, 3.63) is 24.3 Å². The van der Waals surface area contributed by atoms with Gasteiger partial charge in [0.25, 0.3) is 0 Å². The van der Waals surface area contributed by atoms with E-state index in [0.29, 0.717) is 12.8 Å². The fourth-order valence-corrected chi connectivity index (χ4v) is 7.02. The van der Waals surface area contributed by atoms with E-state index in [2.05, 4.69) is 43.5 Å². The molecule has 0 saturated carbocycles. The summed E-state index contributed by atoms with van der Waals surface area (Å²) in [5.74, 6) is -0.590. The van der Waals surface area contributed by atoms with Crippen molar-refractivity contribution < 1.29 is 25.2 Å². The molecular weight excluding hydrogens is 647 g/mol. The first-order chi connectivity index (χ1) is 25.5. The number of aliphatic hydroxyl groups is 4. The van der Waals surface area contributed by atoms with Gasteiger partial charge in [-0.15, -0.1) is 0 Å². The predicted octanol–water partition coefficient (Wildman–Crippen LogP) is 12.0. The molecule has 0 fully saturated rings. The van der Waals surface area contributed by atoms with Crippen LogP contribution in [0.5, 0.6) is 0 Å². The number of allylic oxidation sites excluding steroid dienone is 4. The van der Waals surface area contributed by atoms with Gasteiger partial charge in [-0.1, -0.05) is 212 Å². The van der Waals surface area contributed by atoms with Crippen LogP contribution in [0.15, 0.2) is 24.3 Å². The highest BCUT2D eigenvalue weighted by Gasteiger charge is 2.28. The zero-order valence-electron chi connectivity index (χ0n) is 34.6. The van der Waals surface area contributed by atoms with Crippen LogP contribution in [0.1, 0.15) is 232 Å². The lowest BCUT2D eigenvalue weighted by Crippen LogP contribution is -2.53. The van der Waals surface area contributed by atoms with Gasteiger partial charge in [-0.3, -0.25) is 4.79 Å². The molecule has 0 aliphatic heterocycles. The molecule has 0 aliphatic carbocycles. The zero-order valence-corrected chi connectivity index (χ0v) is 34.6. The maximum absolute atomic E-state index is 12.4. The van der Waals surface area contributed by atoms with Gasteiger partial charge in [0.2, 0.25) is 5.91 Å². The van der Waals surface area contributed by atoms with Gasteiger partial charge in [-0.25, -0.2) is 0 Å². The first kappa shape index (κ1) is 50.8. The van der Waals surface area contributed by atoms with Crippen LogP contribution in [0.3, 0.4) is 0 Å². The minimum absolute atomic E-state index is 0.370. The van der Waals surface area contributed by atoms with E-state index in [9.17, 15) is 25.2 Å². The number of rotatable bonds is 41. The van der Waals surface area contributed by atoms with Crippen LogP contribution >= 0.6 is 0 Å². The molecule has 0 aromatic carbocycles. The first-order valence-corrected chi connectivity index (χ1v) is 22.7. The smallest absolute Gasteiger partial charge is 0.249 e. The SMILES string of the molecule is CCCCCCCCCCC/C=C\C/C=C\CCCCCCCCCCCCCCCCCCC(O)C(=O)NC(CO)C(O)C(O)CCCCCC. The van der Waals surface area contributed by atoms with Crippen molar-refractivity contribution in [1.82, 2.24) is 5.32 Å². The Morgan fingerprint density at radius 3 is 1.23 bits per heavy atom. The second-order valence-corrected chi connectivity index (χ2v) is 15.8. The molecule has 0 aromatic rings. The highest BCUT2D eigenvalue weighted by atomic mass is 16.3. The topological polar surface area (TPSA) is 110 Å². The number of aliphatic hydroxyl groups excluding tert-OH is 4. The number of carbonyl (C=O) groups excluding carboxylic acids is 1. The number of carbonyl (C=O) groups is 1. The molecule has 0 bridgehead atoms. The van der Waals surface area contributed by atoms with Crippen LogP contribution in [0.4, 0.5) is 0 Å². The molecule has 6 heteroatoms. The lowest BCUT2D eigenvalue weighted by Gasteiger charge is -2.27. The molecule has 0 rings (SSSR count). The number of unbranched alkanes of at least 4 members (excludes halogenated alkanes) is 28. The van der Waals surface area contributed by atoms with Crippen molar-refractivity contribution in [2.24, 2.45) is 0 Å². The Balaban J connectivity index is 3.48. The van der Waals surface area contributed by atoms with Gasteiger partial charge in [-0.2, -0.15) is 0 Å². The lowest BCUT2D eigenvalue weighted by molar-refractivity contribution is -0.132. The minimum atomic E-state index is -1.25. The summed E-state index contributed by atoms with van der Waals surface area (Å²) in [5.41, 5.74) is 0. The van der Waals surface area contributed by atoms with E-state index in [1.54, 1.807) is 0 Å². The molecule has 0 aromatic heterocycles. The van der Waals surface area contributed by atoms with Gasteiger partial charge in [0, 0.05) is 0 Å². The van der Waals surface area contributed by atoms with Crippen molar-refractivity contribution in [1.29, 1.82) is 0 Å². The lowest BCUT2D eigenvalue weighted by atomic mass is 9.99. The Labute approximate surface area is 323 Å².